The lowest BCUT2D eigenvalue weighted by molar-refractivity contribution is -0.136. The highest BCUT2D eigenvalue weighted by atomic mass is 16.5. The van der Waals surface area contributed by atoms with Crippen LogP contribution in [0, 0.1) is 0 Å². The predicted molar refractivity (Wildman–Crippen MR) is 133 cm³/mol. The molecule has 0 fully saturated rings. The molecule has 0 aliphatic rings. The molecule has 0 atom stereocenters. The second-order valence-corrected chi connectivity index (χ2v) is 7.92. The third kappa shape index (κ3) is 5.73. The van der Waals surface area contributed by atoms with Crippen LogP contribution < -0.4 is 15.4 Å². The van der Waals surface area contributed by atoms with Gasteiger partial charge < -0.3 is 25.4 Å². The van der Waals surface area contributed by atoms with Gasteiger partial charge in [-0.3, -0.25) is 14.7 Å². The molecule has 0 aliphatic heterocycles. The van der Waals surface area contributed by atoms with E-state index in [1.54, 1.807) is 50.5 Å². The number of ether oxygens (including phenoxy) is 1. The van der Waals surface area contributed by atoms with Crippen LogP contribution in [0.15, 0.2) is 54.9 Å². The summed E-state index contributed by atoms with van der Waals surface area (Å²) in [6.45, 7) is 0. The van der Waals surface area contributed by atoms with Crippen molar-refractivity contribution in [3.63, 3.8) is 0 Å². The van der Waals surface area contributed by atoms with E-state index in [2.05, 4.69) is 35.8 Å². The number of methoxy groups -OCH3 is 1. The summed E-state index contributed by atoms with van der Waals surface area (Å²) in [6.07, 6.45) is 1.16. The van der Waals surface area contributed by atoms with Crippen LogP contribution in [0.2, 0.25) is 0 Å². The Balaban J connectivity index is 1.46. The van der Waals surface area contributed by atoms with Crippen molar-refractivity contribution in [1.29, 1.82) is 0 Å². The van der Waals surface area contributed by atoms with E-state index in [0.717, 1.165) is 11.3 Å². The van der Waals surface area contributed by atoms with Crippen molar-refractivity contribution in [1.82, 2.24) is 30.0 Å². The number of carboxylic acid groups (broad SMARTS) is 1. The number of H-pyrrole nitrogens is 1. The highest BCUT2D eigenvalue weighted by Crippen LogP contribution is 2.25. The lowest BCUT2D eigenvalue weighted by Gasteiger charge is -2.10. The monoisotopic (exact) mass is 488 g/mol. The number of rotatable bonds is 9. The van der Waals surface area contributed by atoms with Gasteiger partial charge in [-0.05, 0) is 35.9 Å². The van der Waals surface area contributed by atoms with Gasteiger partial charge in [0, 0.05) is 37.0 Å². The zero-order valence-corrected chi connectivity index (χ0v) is 19.8. The molecule has 0 bridgehead atoms. The normalized spacial score (nSPS) is 10.5. The molecule has 4 aromatic rings. The van der Waals surface area contributed by atoms with Crippen LogP contribution >= 0.6 is 0 Å². The molecule has 4 N–H and O–H groups in total. The first-order valence-corrected chi connectivity index (χ1v) is 10.8. The molecule has 0 radical (unpaired) electrons. The van der Waals surface area contributed by atoms with E-state index in [1.165, 1.54) is 18.3 Å². The second kappa shape index (κ2) is 10.5. The minimum absolute atomic E-state index is 0.0690. The number of aliphatic carboxylic acids is 1. The fourth-order valence-corrected chi connectivity index (χ4v) is 3.40. The Hall–Kier alpha value is -5.00. The Labute approximate surface area is 206 Å². The van der Waals surface area contributed by atoms with E-state index in [4.69, 9.17) is 9.84 Å². The van der Waals surface area contributed by atoms with Gasteiger partial charge in [0.1, 0.15) is 12.1 Å². The van der Waals surface area contributed by atoms with Gasteiger partial charge in [0.25, 0.3) is 5.91 Å². The molecule has 184 valence electrons. The first-order chi connectivity index (χ1) is 17.3. The Kier molecular flexibility index (Phi) is 7.04. The zero-order chi connectivity index (χ0) is 25.7. The Morgan fingerprint density at radius 2 is 1.75 bits per heavy atom. The summed E-state index contributed by atoms with van der Waals surface area (Å²) in [6, 6.07) is 14.1. The molecule has 4 rings (SSSR count). The van der Waals surface area contributed by atoms with Crippen LogP contribution in [-0.2, 0) is 11.2 Å². The maximum absolute atomic E-state index is 12.1. The number of nitrogens with one attached hydrogen (secondary N) is 3. The molecule has 12 heteroatoms. The SMILES string of the molecule is COc1ccc(Nc2ncnc(Nc3cc(-c4ccc(C(=O)N(C)C)cc4)[nH]n3)n2)cc1CC(=O)O. The largest absolute Gasteiger partial charge is 0.496 e. The van der Waals surface area contributed by atoms with Crippen LogP contribution in [0.4, 0.5) is 23.4 Å². The molecule has 1 amide bonds. The van der Waals surface area contributed by atoms with E-state index in [0.29, 0.717) is 28.4 Å². The summed E-state index contributed by atoms with van der Waals surface area (Å²) in [5.41, 5.74) is 3.32. The van der Waals surface area contributed by atoms with Gasteiger partial charge in [-0.25, -0.2) is 9.97 Å². The van der Waals surface area contributed by atoms with Crippen molar-refractivity contribution in [3.8, 4) is 17.0 Å². The quantitative estimate of drug-likeness (QED) is 0.276. The van der Waals surface area contributed by atoms with Crippen LogP contribution in [0.5, 0.6) is 5.75 Å². The number of amides is 1. The van der Waals surface area contributed by atoms with Crippen molar-refractivity contribution in [2.75, 3.05) is 31.8 Å². The molecule has 0 saturated carbocycles. The molecule has 0 aliphatic carbocycles. The molecular formula is C24H24N8O4. The average Bonchev–Trinajstić information content (AvgIpc) is 3.32. The number of anilines is 4. The number of aromatic amines is 1. The first-order valence-electron chi connectivity index (χ1n) is 10.8. The molecule has 0 unspecified atom stereocenters. The summed E-state index contributed by atoms with van der Waals surface area (Å²) in [5, 5.41) is 22.4. The fourth-order valence-electron chi connectivity index (χ4n) is 3.40. The predicted octanol–water partition coefficient (Wildman–Crippen LogP) is 3.09. The summed E-state index contributed by atoms with van der Waals surface area (Å²) in [4.78, 5) is 37.3. The van der Waals surface area contributed by atoms with E-state index < -0.39 is 5.97 Å². The standard InChI is InChI=1S/C24H24N8O4/c1-32(2)22(35)15-6-4-14(5-7-15)18-12-20(31-30-18)28-24-26-13-25-23(29-24)27-17-8-9-19(36-3)16(10-17)11-21(33)34/h4-10,12-13H,11H2,1-3H3,(H,33,34)(H3,25,26,27,28,29,30,31). The van der Waals surface area contributed by atoms with E-state index in [-0.39, 0.29) is 24.2 Å². The molecule has 0 saturated heterocycles. The van der Waals surface area contributed by atoms with Crippen LogP contribution in [0.25, 0.3) is 11.3 Å². The van der Waals surface area contributed by atoms with Crippen LogP contribution in [0.3, 0.4) is 0 Å². The van der Waals surface area contributed by atoms with Crippen LogP contribution in [-0.4, -0.2) is 68.2 Å². The van der Waals surface area contributed by atoms with Gasteiger partial charge in [0.15, 0.2) is 5.82 Å². The lowest BCUT2D eigenvalue weighted by atomic mass is 10.1. The Bertz CT molecular complexity index is 1390. The number of carbonyl (C=O) groups excluding carboxylic acids is 1. The molecular weight excluding hydrogens is 464 g/mol. The van der Waals surface area contributed by atoms with E-state index in [1.807, 2.05) is 12.1 Å². The van der Waals surface area contributed by atoms with Gasteiger partial charge in [0.05, 0.1) is 19.2 Å². The molecule has 0 spiro atoms. The Morgan fingerprint density at radius 1 is 1.03 bits per heavy atom. The van der Waals surface area contributed by atoms with Gasteiger partial charge in [-0.15, -0.1) is 0 Å². The van der Waals surface area contributed by atoms with Crippen molar-refractivity contribution in [3.05, 3.63) is 66.0 Å². The smallest absolute Gasteiger partial charge is 0.307 e. The third-order valence-electron chi connectivity index (χ3n) is 5.12. The zero-order valence-electron chi connectivity index (χ0n) is 19.8. The minimum atomic E-state index is -0.964. The second-order valence-electron chi connectivity index (χ2n) is 7.92. The lowest BCUT2D eigenvalue weighted by Crippen LogP contribution is -2.21. The van der Waals surface area contributed by atoms with Crippen molar-refractivity contribution in [2.24, 2.45) is 0 Å². The van der Waals surface area contributed by atoms with Gasteiger partial charge in [-0.2, -0.15) is 10.1 Å². The summed E-state index contributed by atoms with van der Waals surface area (Å²) < 4.78 is 5.23. The summed E-state index contributed by atoms with van der Waals surface area (Å²) >= 11 is 0. The summed E-state index contributed by atoms with van der Waals surface area (Å²) in [7, 11) is 4.90. The maximum Gasteiger partial charge on any atom is 0.307 e. The highest BCUT2D eigenvalue weighted by molar-refractivity contribution is 5.94. The number of nitrogens with zero attached hydrogens (tertiary/aromatic N) is 5. The van der Waals surface area contributed by atoms with Crippen LogP contribution in [0.1, 0.15) is 15.9 Å². The first kappa shape index (κ1) is 24.1. The van der Waals surface area contributed by atoms with E-state index in [9.17, 15) is 9.59 Å². The molecule has 12 nitrogen and oxygen atoms in total. The highest BCUT2D eigenvalue weighted by Gasteiger charge is 2.12. The molecule has 2 aromatic carbocycles. The average molecular weight is 489 g/mol. The number of aromatic nitrogens is 5. The number of carboxylic acids is 1. The van der Waals surface area contributed by atoms with Crippen molar-refractivity contribution < 1.29 is 19.4 Å². The van der Waals surface area contributed by atoms with Gasteiger partial charge in [0.2, 0.25) is 11.9 Å². The number of benzene rings is 2. The summed E-state index contributed by atoms with van der Waals surface area (Å²) in [5.74, 6) is 0.458. The molecule has 2 aromatic heterocycles. The maximum atomic E-state index is 12.1. The van der Waals surface area contributed by atoms with Crippen molar-refractivity contribution >= 4 is 35.3 Å². The Morgan fingerprint density at radius 3 is 2.42 bits per heavy atom. The number of carbonyl (C=O) groups is 2. The van der Waals surface area contributed by atoms with Gasteiger partial charge >= 0.3 is 5.97 Å². The third-order valence-corrected chi connectivity index (χ3v) is 5.12. The molecule has 2 heterocycles. The van der Waals surface area contributed by atoms with Gasteiger partial charge in [-0.1, -0.05) is 12.1 Å². The van der Waals surface area contributed by atoms with E-state index >= 15 is 0 Å². The minimum Gasteiger partial charge on any atom is -0.496 e. The van der Waals surface area contributed by atoms with Crippen molar-refractivity contribution in [2.45, 2.75) is 6.42 Å². The fraction of sp³-hybridized carbons (Fsp3) is 0.167. The molecule has 36 heavy (non-hydrogen) atoms. The number of hydrogen-bond donors (Lipinski definition) is 4. The number of hydrogen-bond acceptors (Lipinski definition) is 9. The topological polar surface area (TPSA) is 158 Å².